The van der Waals surface area contributed by atoms with E-state index >= 15 is 0 Å². The fraction of sp³-hybridized carbons (Fsp3) is 0.231. The average Bonchev–Trinajstić information content (AvgIpc) is 3.11. The first-order valence-electron chi connectivity index (χ1n) is 11.1. The molecule has 0 bridgehead atoms. The van der Waals surface area contributed by atoms with Gasteiger partial charge in [0.1, 0.15) is 0 Å². The van der Waals surface area contributed by atoms with Crippen LogP contribution in [0.1, 0.15) is 27.9 Å². The lowest BCUT2D eigenvalue weighted by atomic mass is 10.2. The predicted molar refractivity (Wildman–Crippen MR) is 132 cm³/mol. The monoisotopic (exact) mass is 474 g/mol. The van der Waals surface area contributed by atoms with Crippen LogP contribution in [0.2, 0.25) is 0 Å². The van der Waals surface area contributed by atoms with Crippen LogP contribution in [-0.2, 0) is 10.0 Å². The molecule has 1 N–H and O–H groups in total. The molecule has 1 saturated heterocycles. The van der Waals surface area contributed by atoms with Crippen molar-refractivity contribution in [3.8, 4) is 6.07 Å². The van der Waals surface area contributed by atoms with E-state index in [0.29, 0.717) is 36.4 Å². The van der Waals surface area contributed by atoms with Gasteiger partial charge in [-0.1, -0.05) is 18.2 Å². The predicted octanol–water partition coefficient (Wildman–Crippen LogP) is 4.02. The van der Waals surface area contributed by atoms with E-state index in [9.17, 15) is 13.2 Å². The third-order valence-electron chi connectivity index (χ3n) is 5.95. The highest BCUT2D eigenvalue weighted by atomic mass is 32.2. The Labute approximate surface area is 200 Å². The summed E-state index contributed by atoms with van der Waals surface area (Å²) < 4.78 is 28.1. The number of para-hydroxylation sites is 1. The number of hydrogen-bond acceptors (Lipinski definition) is 5. The summed E-state index contributed by atoms with van der Waals surface area (Å²) in [6, 6.07) is 22.8. The zero-order chi connectivity index (χ0) is 24.1. The molecule has 7 nitrogen and oxygen atoms in total. The molecule has 1 amide bonds. The average molecular weight is 475 g/mol. The number of nitrogens with zero attached hydrogens (tertiary/aromatic N) is 3. The van der Waals surface area contributed by atoms with Crippen LogP contribution in [0.5, 0.6) is 0 Å². The second-order valence-corrected chi connectivity index (χ2v) is 9.92. The van der Waals surface area contributed by atoms with Gasteiger partial charge in [0.05, 0.1) is 22.2 Å². The molecule has 3 aromatic rings. The molecule has 0 saturated carbocycles. The second kappa shape index (κ2) is 9.98. The van der Waals surface area contributed by atoms with Crippen LogP contribution in [0.25, 0.3) is 0 Å². The molecule has 174 valence electrons. The van der Waals surface area contributed by atoms with E-state index in [1.165, 1.54) is 12.1 Å². The molecular formula is C26H26N4O3S. The lowest BCUT2D eigenvalue weighted by molar-refractivity contribution is 0.0767. The number of nitrogens with one attached hydrogen (secondary N) is 1. The summed E-state index contributed by atoms with van der Waals surface area (Å²) in [5.74, 6) is -0.113. The Kier molecular flexibility index (Phi) is 6.85. The first kappa shape index (κ1) is 23.3. The lowest BCUT2D eigenvalue weighted by Crippen LogP contribution is -2.35. The molecule has 0 aliphatic carbocycles. The van der Waals surface area contributed by atoms with Crippen molar-refractivity contribution in [3.63, 3.8) is 0 Å². The number of aryl methyl sites for hydroxylation is 1. The summed E-state index contributed by atoms with van der Waals surface area (Å²) in [6.07, 6.45) is 0.818. The Hall–Kier alpha value is -3.83. The van der Waals surface area contributed by atoms with Gasteiger partial charge in [0, 0.05) is 37.4 Å². The minimum absolute atomic E-state index is 0.107. The molecular weight excluding hydrogens is 448 g/mol. The molecule has 1 heterocycles. The number of carbonyl (C=O) groups is 1. The second-order valence-electron chi connectivity index (χ2n) is 8.24. The van der Waals surface area contributed by atoms with Gasteiger partial charge in [-0.3, -0.25) is 9.52 Å². The molecule has 1 aliphatic rings. The summed E-state index contributed by atoms with van der Waals surface area (Å²) in [4.78, 5) is 17.2. The van der Waals surface area contributed by atoms with Crippen molar-refractivity contribution in [1.82, 2.24) is 4.90 Å². The van der Waals surface area contributed by atoms with Gasteiger partial charge in [-0.15, -0.1) is 0 Å². The molecule has 3 aromatic carbocycles. The molecule has 0 spiro atoms. The number of benzene rings is 3. The van der Waals surface area contributed by atoms with Gasteiger partial charge in [-0.25, -0.2) is 8.42 Å². The Morgan fingerprint density at radius 3 is 2.29 bits per heavy atom. The van der Waals surface area contributed by atoms with Crippen LogP contribution in [0.3, 0.4) is 0 Å². The normalized spacial score (nSPS) is 14.2. The molecule has 0 atom stereocenters. The maximum absolute atomic E-state index is 13.1. The van der Waals surface area contributed by atoms with Gasteiger partial charge >= 0.3 is 0 Å². The molecule has 4 rings (SSSR count). The molecule has 0 aromatic heterocycles. The highest BCUT2D eigenvalue weighted by Crippen LogP contribution is 2.21. The van der Waals surface area contributed by atoms with Crippen molar-refractivity contribution in [2.24, 2.45) is 0 Å². The number of amides is 1. The lowest BCUT2D eigenvalue weighted by Gasteiger charge is -2.24. The van der Waals surface area contributed by atoms with Gasteiger partial charge in [-0.05, 0) is 73.5 Å². The van der Waals surface area contributed by atoms with E-state index in [4.69, 9.17) is 5.26 Å². The van der Waals surface area contributed by atoms with Gasteiger partial charge in [0.25, 0.3) is 15.9 Å². The third-order valence-corrected chi connectivity index (χ3v) is 7.33. The van der Waals surface area contributed by atoms with Crippen molar-refractivity contribution in [1.29, 1.82) is 5.26 Å². The first-order chi connectivity index (χ1) is 16.4. The minimum atomic E-state index is -3.75. The van der Waals surface area contributed by atoms with Gasteiger partial charge in [0.15, 0.2) is 0 Å². The number of carbonyl (C=O) groups excluding carboxylic acids is 1. The van der Waals surface area contributed by atoms with Gasteiger partial charge < -0.3 is 9.80 Å². The topological polar surface area (TPSA) is 93.5 Å². The van der Waals surface area contributed by atoms with Crippen molar-refractivity contribution < 1.29 is 13.2 Å². The van der Waals surface area contributed by atoms with Crippen molar-refractivity contribution in [3.05, 3.63) is 89.5 Å². The van der Waals surface area contributed by atoms with E-state index in [1.807, 2.05) is 31.2 Å². The van der Waals surface area contributed by atoms with E-state index in [0.717, 1.165) is 24.2 Å². The Morgan fingerprint density at radius 1 is 0.912 bits per heavy atom. The molecule has 1 aliphatic heterocycles. The number of hydrogen-bond donors (Lipinski definition) is 1. The third kappa shape index (κ3) is 5.21. The van der Waals surface area contributed by atoms with E-state index in [-0.39, 0.29) is 10.8 Å². The summed E-state index contributed by atoms with van der Waals surface area (Å²) in [7, 11) is -3.75. The largest absolute Gasteiger partial charge is 0.370 e. The fourth-order valence-corrected chi connectivity index (χ4v) is 5.11. The summed E-state index contributed by atoms with van der Waals surface area (Å²) in [5.41, 5.74) is 3.47. The number of anilines is 2. The molecule has 34 heavy (non-hydrogen) atoms. The van der Waals surface area contributed by atoms with Crippen molar-refractivity contribution in [2.45, 2.75) is 18.2 Å². The Bertz CT molecular complexity index is 1310. The van der Waals surface area contributed by atoms with Crippen LogP contribution in [0.15, 0.2) is 77.7 Å². The fourth-order valence-electron chi connectivity index (χ4n) is 3.98. The van der Waals surface area contributed by atoms with Crippen LogP contribution in [-0.4, -0.2) is 45.4 Å². The summed E-state index contributed by atoms with van der Waals surface area (Å²) >= 11 is 0. The Morgan fingerprint density at radius 2 is 1.62 bits per heavy atom. The first-order valence-corrected chi connectivity index (χ1v) is 12.6. The minimum Gasteiger partial charge on any atom is -0.370 e. The van der Waals surface area contributed by atoms with Crippen molar-refractivity contribution in [2.75, 3.05) is 35.8 Å². The number of rotatable bonds is 5. The highest BCUT2D eigenvalue weighted by Gasteiger charge is 2.22. The number of nitriles is 1. The zero-order valence-corrected chi connectivity index (χ0v) is 19.8. The Balaban J connectivity index is 1.42. The van der Waals surface area contributed by atoms with E-state index in [1.54, 1.807) is 41.3 Å². The smallest absolute Gasteiger partial charge is 0.261 e. The highest BCUT2D eigenvalue weighted by molar-refractivity contribution is 7.92. The summed E-state index contributed by atoms with van der Waals surface area (Å²) in [6.45, 7) is 4.53. The maximum Gasteiger partial charge on any atom is 0.261 e. The van der Waals surface area contributed by atoms with E-state index in [2.05, 4.69) is 15.7 Å². The van der Waals surface area contributed by atoms with Crippen LogP contribution in [0, 0.1) is 18.3 Å². The van der Waals surface area contributed by atoms with Crippen LogP contribution < -0.4 is 9.62 Å². The standard InChI is InChI=1S/C26H26N4O3S/c1-20-5-2-3-6-25(20)28-34(32,33)24-13-9-22(10-14-24)26(31)30-16-4-15-29(17-18-30)23-11-7-21(19-27)8-12-23/h2-3,5-14,28H,4,15-18H2,1H3. The van der Waals surface area contributed by atoms with Gasteiger partial charge in [-0.2, -0.15) is 5.26 Å². The molecule has 1 fully saturated rings. The SMILES string of the molecule is Cc1ccccc1NS(=O)(=O)c1ccc(C(=O)N2CCCN(c3ccc(C#N)cc3)CC2)cc1. The zero-order valence-electron chi connectivity index (χ0n) is 18.9. The summed E-state index contributed by atoms with van der Waals surface area (Å²) in [5, 5.41) is 8.98. The van der Waals surface area contributed by atoms with E-state index < -0.39 is 10.0 Å². The quantitative estimate of drug-likeness (QED) is 0.603. The molecule has 0 unspecified atom stereocenters. The number of sulfonamides is 1. The molecule has 8 heteroatoms. The van der Waals surface area contributed by atoms with Gasteiger partial charge in [0.2, 0.25) is 0 Å². The maximum atomic E-state index is 13.1. The molecule has 0 radical (unpaired) electrons. The van der Waals surface area contributed by atoms with Crippen LogP contribution >= 0.6 is 0 Å². The van der Waals surface area contributed by atoms with Crippen LogP contribution in [0.4, 0.5) is 11.4 Å². The van der Waals surface area contributed by atoms with Crippen molar-refractivity contribution >= 4 is 27.3 Å².